The molecule has 1 aliphatic carbocycles. The first-order valence-electron chi connectivity index (χ1n) is 6.93. The van der Waals surface area contributed by atoms with Gasteiger partial charge in [-0.05, 0) is 30.9 Å². The first kappa shape index (κ1) is 17.0. The van der Waals surface area contributed by atoms with Gasteiger partial charge < -0.3 is 15.7 Å². The Morgan fingerprint density at radius 2 is 2.00 bits per heavy atom. The van der Waals surface area contributed by atoms with Crippen LogP contribution in [0, 0.1) is 5.92 Å². The normalized spacial score (nSPS) is 15.2. The van der Waals surface area contributed by atoms with Crippen LogP contribution in [0.25, 0.3) is 0 Å². The molecule has 20 heavy (non-hydrogen) atoms. The molecular weight excluding hydrogens is 276 g/mol. The minimum Gasteiger partial charge on any atom is -0.391 e. The molecule has 2 rings (SSSR count). The molecule has 1 aliphatic rings. The van der Waals surface area contributed by atoms with Crippen LogP contribution in [-0.2, 0) is 11.2 Å². The van der Waals surface area contributed by atoms with E-state index in [1.54, 1.807) is 0 Å². The van der Waals surface area contributed by atoms with Crippen LogP contribution >= 0.6 is 12.4 Å². The lowest BCUT2D eigenvalue weighted by atomic mass is 10.1. The zero-order chi connectivity index (χ0) is 13.5. The summed E-state index contributed by atoms with van der Waals surface area (Å²) in [6.45, 7) is 1.58. The van der Waals surface area contributed by atoms with Crippen molar-refractivity contribution in [3.63, 3.8) is 0 Å². The highest BCUT2D eigenvalue weighted by Crippen LogP contribution is 2.27. The predicted octanol–water partition coefficient (Wildman–Crippen LogP) is 1.13. The molecule has 0 aliphatic heterocycles. The first-order valence-corrected chi connectivity index (χ1v) is 6.93. The minimum atomic E-state index is -0.533. The van der Waals surface area contributed by atoms with Gasteiger partial charge in [-0.1, -0.05) is 30.3 Å². The number of carbonyl (C=O) groups is 1. The summed E-state index contributed by atoms with van der Waals surface area (Å²) < 4.78 is 0. The number of aliphatic hydroxyl groups excluding tert-OH is 1. The molecule has 0 heterocycles. The monoisotopic (exact) mass is 298 g/mol. The summed E-state index contributed by atoms with van der Waals surface area (Å²) in [5.41, 5.74) is 1.08. The summed E-state index contributed by atoms with van der Waals surface area (Å²) in [5, 5.41) is 15.7. The van der Waals surface area contributed by atoms with E-state index in [0.717, 1.165) is 18.0 Å². The number of hydrogen-bond donors (Lipinski definition) is 3. The summed E-state index contributed by atoms with van der Waals surface area (Å²) >= 11 is 0. The average molecular weight is 299 g/mol. The summed E-state index contributed by atoms with van der Waals surface area (Å²) in [7, 11) is 0. The van der Waals surface area contributed by atoms with Crippen molar-refractivity contribution in [2.45, 2.75) is 25.4 Å². The highest BCUT2D eigenvalue weighted by Gasteiger charge is 2.20. The van der Waals surface area contributed by atoms with Gasteiger partial charge in [0.1, 0.15) is 0 Å². The van der Waals surface area contributed by atoms with Crippen LogP contribution < -0.4 is 10.6 Å². The molecule has 4 nitrogen and oxygen atoms in total. The highest BCUT2D eigenvalue weighted by atomic mass is 35.5. The Bertz CT molecular complexity index is 396. The molecule has 0 bridgehead atoms. The summed E-state index contributed by atoms with van der Waals surface area (Å²) in [6, 6.07) is 9.79. The van der Waals surface area contributed by atoms with Crippen LogP contribution in [-0.4, -0.2) is 36.8 Å². The fourth-order valence-electron chi connectivity index (χ4n) is 1.96. The number of rotatable bonds is 8. The first-order chi connectivity index (χ1) is 9.24. The van der Waals surface area contributed by atoms with Gasteiger partial charge in [0.05, 0.1) is 12.6 Å². The Morgan fingerprint density at radius 1 is 1.30 bits per heavy atom. The molecule has 0 saturated heterocycles. The van der Waals surface area contributed by atoms with Gasteiger partial charge in [0.25, 0.3) is 0 Å². The lowest BCUT2D eigenvalue weighted by Gasteiger charge is -2.12. The van der Waals surface area contributed by atoms with Crippen molar-refractivity contribution in [2.75, 3.05) is 19.6 Å². The second kappa shape index (κ2) is 8.95. The molecule has 1 unspecified atom stereocenters. The number of hydrogen-bond acceptors (Lipinski definition) is 3. The lowest BCUT2D eigenvalue weighted by molar-refractivity contribution is -0.120. The molecular formula is C15H23ClN2O2. The Kier molecular flexibility index (Phi) is 7.59. The number of amides is 1. The van der Waals surface area contributed by atoms with E-state index in [1.165, 1.54) is 12.8 Å². The maximum Gasteiger partial charge on any atom is 0.234 e. The molecule has 1 fully saturated rings. The van der Waals surface area contributed by atoms with Crippen molar-refractivity contribution >= 4 is 18.3 Å². The Morgan fingerprint density at radius 3 is 2.65 bits per heavy atom. The van der Waals surface area contributed by atoms with Crippen molar-refractivity contribution in [3.05, 3.63) is 35.9 Å². The molecule has 112 valence electrons. The van der Waals surface area contributed by atoms with Crippen LogP contribution in [0.1, 0.15) is 18.4 Å². The number of halogens is 1. The van der Waals surface area contributed by atoms with Gasteiger partial charge in [0.2, 0.25) is 5.91 Å². The molecule has 0 radical (unpaired) electrons. The van der Waals surface area contributed by atoms with Crippen molar-refractivity contribution in [2.24, 2.45) is 5.92 Å². The molecule has 1 saturated carbocycles. The molecule has 5 heteroatoms. The predicted molar refractivity (Wildman–Crippen MR) is 82.0 cm³/mol. The fraction of sp³-hybridized carbons (Fsp3) is 0.533. The molecule has 1 atom stereocenters. The van der Waals surface area contributed by atoms with E-state index < -0.39 is 6.10 Å². The Labute approximate surface area is 126 Å². The molecule has 1 aromatic carbocycles. The van der Waals surface area contributed by atoms with Crippen molar-refractivity contribution in [3.8, 4) is 0 Å². The summed E-state index contributed by atoms with van der Waals surface area (Å²) in [5.74, 6) is 0.726. The van der Waals surface area contributed by atoms with Gasteiger partial charge in [-0.25, -0.2) is 0 Å². The van der Waals surface area contributed by atoms with Crippen LogP contribution in [0.5, 0.6) is 0 Å². The third-order valence-corrected chi connectivity index (χ3v) is 3.26. The van der Waals surface area contributed by atoms with Crippen molar-refractivity contribution in [1.29, 1.82) is 0 Å². The maximum absolute atomic E-state index is 11.5. The zero-order valence-electron chi connectivity index (χ0n) is 11.5. The summed E-state index contributed by atoms with van der Waals surface area (Å²) in [4.78, 5) is 11.5. The van der Waals surface area contributed by atoms with Gasteiger partial charge in [0, 0.05) is 13.0 Å². The second-order valence-corrected chi connectivity index (χ2v) is 5.22. The zero-order valence-corrected chi connectivity index (χ0v) is 12.4. The maximum atomic E-state index is 11.5. The van der Waals surface area contributed by atoms with Crippen molar-refractivity contribution < 1.29 is 9.90 Å². The molecule has 1 amide bonds. The van der Waals surface area contributed by atoms with E-state index in [9.17, 15) is 9.90 Å². The number of benzene rings is 1. The third kappa shape index (κ3) is 6.89. The minimum absolute atomic E-state index is 0. The van der Waals surface area contributed by atoms with Crippen molar-refractivity contribution in [1.82, 2.24) is 10.6 Å². The van der Waals surface area contributed by atoms with E-state index in [0.29, 0.717) is 19.5 Å². The van der Waals surface area contributed by atoms with Gasteiger partial charge in [-0.2, -0.15) is 0 Å². The van der Waals surface area contributed by atoms with E-state index >= 15 is 0 Å². The number of aliphatic hydroxyl groups is 1. The molecule has 1 aromatic rings. The third-order valence-electron chi connectivity index (χ3n) is 3.26. The molecule has 3 N–H and O–H groups in total. The van der Waals surface area contributed by atoms with E-state index in [2.05, 4.69) is 10.6 Å². The lowest BCUT2D eigenvalue weighted by Crippen LogP contribution is -2.39. The quantitative estimate of drug-likeness (QED) is 0.674. The number of nitrogens with one attached hydrogen (secondary N) is 2. The Hall–Kier alpha value is -1.10. The Balaban J connectivity index is 0.00000200. The average Bonchev–Trinajstić information content (AvgIpc) is 3.22. The smallest absolute Gasteiger partial charge is 0.234 e. The standard InChI is InChI=1S/C15H22N2O2.ClH/c18-14(8-12-4-2-1-3-5-12)10-17-15(19)11-16-9-13-6-7-13;/h1-5,13-14,16,18H,6-11H2,(H,17,19);1H. The van der Waals surface area contributed by atoms with E-state index in [4.69, 9.17) is 0 Å². The number of carbonyl (C=O) groups excluding carboxylic acids is 1. The SMILES string of the molecule is Cl.O=C(CNCC1CC1)NCC(O)Cc1ccccc1. The molecule has 0 aromatic heterocycles. The van der Waals surface area contributed by atoms with Crippen LogP contribution in [0.3, 0.4) is 0 Å². The van der Waals surface area contributed by atoms with Crippen LogP contribution in [0.15, 0.2) is 30.3 Å². The van der Waals surface area contributed by atoms with Gasteiger partial charge in [0.15, 0.2) is 0 Å². The van der Waals surface area contributed by atoms with Gasteiger partial charge >= 0.3 is 0 Å². The second-order valence-electron chi connectivity index (χ2n) is 5.22. The van der Waals surface area contributed by atoms with Gasteiger partial charge in [-0.15, -0.1) is 12.4 Å². The topological polar surface area (TPSA) is 61.4 Å². The van der Waals surface area contributed by atoms with Crippen LogP contribution in [0.2, 0.25) is 0 Å². The largest absolute Gasteiger partial charge is 0.391 e. The van der Waals surface area contributed by atoms with Crippen LogP contribution in [0.4, 0.5) is 0 Å². The summed E-state index contributed by atoms with van der Waals surface area (Å²) in [6.07, 6.45) is 2.60. The van der Waals surface area contributed by atoms with E-state index in [-0.39, 0.29) is 18.3 Å². The highest BCUT2D eigenvalue weighted by molar-refractivity contribution is 5.85. The fourth-order valence-corrected chi connectivity index (χ4v) is 1.96. The van der Waals surface area contributed by atoms with E-state index in [1.807, 2.05) is 30.3 Å². The van der Waals surface area contributed by atoms with Gasteiger partial charge in [-0.3, -0.25) is 4.79 Å². The molecule has 0 spiro atoms.